The smallest absolute Gasteiger partial charge is 0.343 e. The van der Waals surface area contributed by atoms with Gasteiger partial charge in [0.1, 0.15) is 17.2 Å². The molecule has 1 aromatic rings. The van der Waals surface area contributed by atoms with Gasteiger partial charge in [0.2, 0.25) is 0 Å². The zero-order valence-corrected chi connectivity index (χ0v) is 9.40. The first kappa shape index (κ1) is 12.4. The molecule has 0 aromatic carbocycles. The van der Waals surface area contributed by atoms with Gasteiger partial charge in [-0.05, 0) is 6.42 Å². The van der Waals surface area contributed by atoms with Crippen molar-refractivity contribution >= 4 is 11.8 Å². The van der Waals surface area contributed by atoms with Crippen molar-refractivity contribution in [2.45, 2.75) is 12.8 Å². The highest BCUT2D eigenvalue weighted by Gasteiger charge is 2.12. The Morgan fingerprint density at radius 2 is 2.25 bits per heavy atom. The van der Waals surface area contributed by atoms with Gasteiger partial charge in [-0.1, -0.05) is 0 Å². The maximum Gasteiger partial charge on any atom is 0.343 e. The second kappa shape index (κ2) is 6.02. The first-order valence-corrected chi connectivity index (χ1v) is 4.87. The van der Waals surface area contributed by atoms with Crippen LogP contribution in [0.3, 0.4) is 0 Å². The van der Waals surface area contributed by atoms with E-state index in [9.17, 15) is 4.79 Å². The molecule has 0 unspecified atom stereocenters. The Morgan fingerprint density at radius 3 is 2.81 bits per heavy atom. The van der Waals surface area contributed by atoms with E-state index in [0.29, 0.717) is 18.9 Å². The van der Waals surface area contributed by atoms with Crippen LogP contribution in [0.4, 0.5) is 5.82 Å². The lowest BCUT2D eigenvalue weighted by molar-refractivity contribution is 0.0601. The lowest BCUT2D eigenvalue weighted by Crippen LogP contribution is -2.10. The maximum absolute atomic E-state index is 11.2. The fourth-order valence-corrected chi connectivity index (χ4v) is 1.20. The number of carbonyl (C=O) groups excluding carboxylic acids is 1. The van der Waals surface area contributed by atoms with Crippen molar-refractivity contribution in [2.75, 3.05) is 26.6 Å². The molecule has 0 radical (unpaired) electrons. The highest BCUT2D eigenvalue weighted by atomic mass is 16.5. The van der Waals surface area contributed by atoms with E-state index in [1.165, 1.54) is 13.3 Å². The van der Waals surface area contributed by atoms with Gasteiger partial charge in [0, 0.05) is 26.3 Å². The van der Waals surface area contributed by atoms with Gasteiger partial charge >= 0.3 is 5.97 Å². The molecule has 6 nitrogen and oxygen atoms in total. The van der Waals surface area contributed by atoms with E-state index in [2.05, 4.69) is 14.7 Å². The summed E-state index contributed by atoms with van der Waals surface area (Å²) in [4.78, 5) is 19.3. The predicted octanol–water partition coefficient (Wildman–Crippen LogP) is 0.424. The van der Waals surface area contributed by atoms with Gasteiger partial charge < -0.3 is 15.2 Å². The molecule has 0 bridgehead atoms. The summed E-state index contributed by atoms with van der Waals surface area (Å²) in [7, 11) is 2.92. The van der Waals surface area contributed by atoms with E-state index in [1.54, 1.807) is 7.11 Å². The Labute approximate surface area is 93.8 Å². The van der Waals surface area contributed by atoms with Crippen LogP contribution in [0.5, 0.6) is 0 Å². The Morgan fingerprint density at radius 1 is 1.50 bits per heavy atom. The van der Waals surface area contributed by atoms with E-state index in [1.807, 2.05) is 0 Å². The summed E-state index contributed by atoms with van der Waals surface area (Å²) in [5, 5.41) is 0. The van der Waals surface area contributed by atoms with E-state index < -0.39 is 5.97 Å². The summed E-state index contributed by atoms with van der Waals surface area (Å²) in [6.07, 6.45) is 2.86. The number of nitrogen functional groups attached to an aromatic ring is 1. The third-order valence-electron chi connectivity index (χ3n) is 2.02. The minimum Gasteiger partial charge on any atom is -0.465 e. The fraction of sp³-hybridized carbons (Fsp3) is 0.500. The number of ether oxygens (including phenoxy) is 2. The number of rotatable bonds is 5. The molecule has 0 spiro atoms. The average Bonchev–Trinajstić information content (AvgIpc) is 2.29. The first-order valence-electron chi connectivity index (χ1n) is 4.87. The maximum atomic E-state index is 11.2. The summed E-state index contributed by atoms with van der Waals surface area (Å²) in [6.45, 7) is 0.641. The molecular formula is C10H15N3O3. The lowest BCUT2D eigenvalue weighted by Gasteiger charge is -2.04. The van der Waals surface area contributed by atoms with Gasteiger partial charge in [-0.15, -0.1) is 0 Å². The molecule has 0 aliphatic rings. The Kier molecular flexibility index (Phi) is 4.65. The predicted molar refractivity (Wildman–Crippen MR) is 58.0 cm³/mol. The van der Waals surface area contributed by atoms with Gasteiger partial charge in [-0.3, -0.25) is 0 Å². The summed E-state index contributed by atoms with van der Waals surface area (Å²) < 4.78 is 9.45. The number of hydrogen-bond acceptors (Lipinski definition) is 6. The molecule has 88 valence electrons. The quantitative estimate of drug-likeness (QED) is 0.577. The molecule has 1 rings (SSSR count). The molecule has 6 heteroatoms. The molecule has 2 N–H and O–H groups in total. The molecule has 0 aliphatic heterocycles. The van der Waals surface area contributed by atoms with Gasteiger partial charge in [0.05, 0.1) is 7.11 Å². The Balaban J connectivity index is 2.71. The van der Waals surface area contributed by atoms with Crippen LogP contribution in [-0.2, 0) is 15.9 Å². The Hall–Kier alpha value is -1.69. The second-order valence-electron chi connectivity index (χ2n) is 3.17. The highest BCUT2D eigenvalue weighted by Crippen LogP contribution is 2.09. The summed E-state index contributed by atoms with van der Waals surface area (Å²) in [5.74, 6) is 0.220. The van der Waals surface area contributed by atoms with Crippen molar-refractivity contribution < 1.29 is 14.3 Å². The van der Waals surface area contributed by atoms with Crippen molar-refractivity contribution in [3.63, 3.8) is 0 Å². The molecule has 0 aliphatic carbocycles. The van der Waals surface area contributed by atoms with Crippen LogP contribution >= 0.6 is 0 Å². The van der Waals surface area contributed by atoms with Crippen LogP contribution in [0.2, 0.25) is 0 Å². The van der Waals surface area contributed by atoms with Crippen molar-refractivity contribution in [3.05, 3.63) is 17.6 Å². The van der Waals surface area contributed by atoms with Crippen LogP contribution in [0, 0.1) is 0 Å². The zero-order valence-electron chi connectivity index (χ0n) is 9.40. The number of aryl methyl sites for hydroxylation is 1. The largest absolute Gasteiger partial charge is 0.465 e. The van der Waals surface area contributed by atoms with Gasteiger partial charge in [0.15, 0.2) is 0 Å². The first-order chi connectivity index (χ1) is 7.69. The van der Waals surface area contributed by atoms with E-state index in [4.69, 9.17) is 10.5 Å². The standard InChI is InChI=1S/C10H15N3O3/c1-15-5-3-4-8-12-6-7(9(11)13-8)10(14)16-2/h6H,3-5H2,1-2H3,(H2,11,12,13). The number of nitrogens with zero attached hydrogens (tertiary/aromatic N) is 2. The lowest BCUT2D eigenvalue weighted by atomic mass is 10.2. The average molecular weight is 225 g/mol. The number of esters is 1. The van der Waals surface area contributed by atoms with E-state index in [0.717, 1.165) is 6.42 Å². The van der Waals surface area contributed by atoms with Crippen LogP contribution in [0.15, 0.2) is 6.20 Å². The van der Waals surface area contributed by atoms with Gasteiger partial charge in [-0.25, -0.2) is 14.8 Å². The molecule has 0 fully saturated rings. The summed E-state index contributed by atoms with van der Waals surface area (Å²) >= 11 is 0. The van der Waals surface area contributed by atoms with Crippen molar-refractivity contribution in [2.24, 2.45) is 0 Å². The molecule has 1 aromatic heterocycles. The second-order valence-corrected chi connectivity index (χ2v) is 3.17. The zero-order chi connectivity index (χ0) is 12.0. The molecule has 0 amide bonds. The van der Waals surface area contributed by atoms with Gasteiger partial charge in [-0.2, -0.15) is 0 Å². The number of anilines is 1. The fourth-order valence-electron chi connectivity index (χ4n) is 1.20. The van der Waals surface area contributed by atoms with Crippen molar-refractivity contribution in [1.82, 2.24) is 9.97 Å². The molecule has 0 saturated carbocycles. The van der Waals surface area contributed by atoms with Crippen molar-refractivity contribution in [3.8, 4) is 0 Å². The monoisotopic (exact) mass is 225 g/mol. The minimum atomic E-state index is -0.527. The van der Waals surface area contributed by atoms with Crippen LogP contribution in [0.25, 0.3) is 0 Å². The molecule has 16 heavy (non-hydrogen) atoms. The third kappa shape index (κ3) is 3.16. The van der Waals surface area contributed by atoms with Gasteiger partial charge in [0.25, 0.3) is 0 Å². The minimum absolute atomic E-state index is 0.147. The van der Waals surface area contributed by atoms with E-state index in [-0.39, 0.29) is 11.4 Å². The highest BCUT2D eigenvalue weighted by molar-refractivity contribution is 5.93. The molecule has 1 heterocycles. The number of nitrogens with two attached hydrogens (primary N) is 1. The molecule has 0 saturated heterocycles. The molecular weight excluding hydrogens is 210 g/mol. The van der Waals surface area contributed by atoms with Crippen LogP contribution < -0.4 is 5.73 Å². The summed E-state index contributed by atoms with van der Waals surface area (Å²) in [5.41, 5.74) is 5.81. The van der Waals surface area contributed by atoms with E-state index >= 15 is 0 Å². The van der Waals surface area contributed by atoms with Crippen LogP contribution in [-0.4, -0.2) is 36.8 Å². The van der Waals surface area contributed by atoms with Crippen molar-refractivity contribution in [1.29, 1.82) is 0 Å². The third-order valence-corrected chi connectivity index (χ3v) is 2.02. The topological polar surface area (TPSA) is 87.3 Å². The Bertz CT molecular complexity index is 368. The SMILES string of the molecule is COCCCc1ncc(C(=O)OC)c(N)n1. The molecule has 0 atom stereocenters. The number of hydrogen-bond donors (Lipinski definition) is 1. The summed E-state index contributed by atoms with van der Waals surface area (Å²) in [6, 6.07) is 0. The normalized spacial score (nSPS) is 10.1. The number of aromatic nitrogens is 2. The number of methoxy groups -OCH3 is 2. The van der Waals surface area contributed by atoms with Crippen LogP contribution in [0.1, 0.15) is 22.6 Å². The number of carbonyl (C=O) groups is 1.